The Morgan fingerprint density at radius 2 is 2.20 bits per heavy atom. The van der Waals surface area contributed by atoms with Crippen molar-refractivity contribution in [2.24, 2.45) is 0 Å². The van der Waals surface area contributed by atoms with E-state index in [1.165, 1.54) is 11.3 Å². The number of amides is 3. The van der Waals surface area contributed by atoms with E-state index in [1.807, 2.05) is 17.5 Å². The molecule has 3 amide bonds. The predicted octanol–water partition coefficient (Wildman–Crippen LogP) is 2.58. The molecule has 2 atom stereocenters. The van der Waals surface area contributed by atoms with E-state index in [9.17, 15) is 14.7 Å². The van der Waals surface area contributed by atoms with Crippen LogP contribution in [0, 0.1) is 0 Å². The molecule has 0 spiro atoms. The van der Waals surface area contributed by atoms with Crippen LogP contribution in [0.2, 0.25) is 0 Å². The fraction of sp³-hybridized carbons (Fsp3) is 0.217. The highest BCUT2D eigenvalue weighted by Crippen LogP contribution is 2.39. The number of carbonyl (C=O) groups is 2. The van der Waals surface area contributed by atoms with Crippen molar-refractivity contribution in [3.8, 4) is 5.75 Å². The third kappa shape index (κ3) is 3.58. The highest BCUT2D eigenvalue weighted by molar-refractivity contribution is 7.13. The number of rotatable bonds is 6. The molecule has 1 fully saturated rings. The van der Waals surface area contributed by atoms with Gasteiger partial charge in [0.15, 0.2) is 16.3 Å². The number of anilines is 2. The molecule has 11 nitrogen and oxygen atoms in total. The Kier molecular flexibility index (Phi) is 4.95. The molecular weight excluding hydrogens is 472 g/mol. The van der Waals surface area contributed by atoms with Gasteiger partial charge in [0.05, 0.1) is 7.11 Å². The SMILES string of the molecule is COc1ccc2c(c1)C(O)N(CC1(c3cc4nc(Nc5nccs5)ccc4o3)NC(=O)NC1=O)C2. The lowest BCUT2D eigenvalue weighted by atomic mass is 9.95. The normalized spacial score (nSPS) is 21.7. The van der Waals surface area contributed by atoms with Crippen molar-refractivity contribution in [1.29, 1.82) is 0 Å². The van der Waals surface area contributed by atoms with Crippen molar-refractivity contribution in [1.82, 2.24) is 25.5 Å². The standard InChI is InChI=1S/C23H20N6O5S/c1-33-13-3-2-12-10-29(19(30)14(12)8-13)11-23(20(31)27-21(32)28-23)17-9-15-16(34-17)4-5-18(25-15)26-22-24-6-7-35-22/h2-9,19,30H,10-11H2,1H3,(H,24,25,26)(H2,27,28,31,32). The van der Waals surface area contributed by atoms with Crippen LogP contribution in [0.1, 0.15) is 23.1 Å². The summed E-state index contributed by atoms with van der Waals surface area (Å²) >= 11 is 1.44. The number of imide groups is 1. The number of urea groups is 1. The van der Waals surface area contributed by atoms with E-state index >= 15 is 0 Å². The van der Waals surface area contributed by atoms with Crippen molar-refractivity contribution >= 4 is 45.3 Å². The first-order valence-corrected chi connectivity index (χ1v) is 11.6. The van der Waals surface area contributed by atoms with E-state index in [0.717, 1.165) is 5.56 Å². The van der Waals surface area contributed by atoms with Gasteiger partial charge in [-0.2, -0.15) is 0 Å². The molecule has 178 valence electrons. The van der Waals surface area contributed by atoms with E-state index < -0.39 is 23.7 Å². The number of nitrogens with one attached hydrogen (secondary N) is 3. The van der Waals surface area contributed by atoms with Crippen LogP contribution in [0.4, 0.5) is 15.7 Å². The van der Waals surface area contributed by atoms with Crippen LogP contribution >= 0.6 is 11.3 Å². The van der Waals surface area contributed by atoms with Crippen LogP contribution in [0.15, 0.2) is 52.4 Å². The Morgan fingerprint density at radius 1 is 1.31 bits per heavy atom. The van der Waals surface area contributed by atoms with E-state index in [2.05, 4.69) is 25.9 Å². The third-order valence-electron chi connectivity index (χ3n) is 6.19. The lowest BCUT2D eigenvalue weighted by Crippen LogP contribution is -2.52. The van der Waals surface area contributed by atoms with Gasteiger partial charge in [-0.05, 0) is 29.8 Å². The van der Waals surface area contributed by atoms with E-state index in [1.54, 1.807) is 42.5 Å². The summed E-state index contributed by atoms with van der Waals surface area (Å²) in [5.74, 6) is 0.837. The predicted molar refractivity (Wildman–Crippen MR) is 126 cm³/mol. The summed E-state index contributed by atoms with van der Waals surface area (Å²) in [7, 11) is 1.56. The molecule has 1 saturated heterocycles. The van der Waals surface area contributed by atoms with Gasteiger partial charge in [0.1, 0.15) is 29.1 Å². The first kappa shape index (κ1) is 21.5. The monoisotopic (exact) mass is 492 g/mol. The number of benzene rings is 1. The zero-order valence-electron chi connectivity index (χ0n) is 18.4. The van der Waals surface area contributed by atoms with E-state index in [0.29, 0.717) is 39.9 Å². The minimum absolute atomic E-state index is 0.0211. The number of thiazole rings is 1. The number of pyridine rings is 1. The number of ether oxygens (including phenoxy) is 1. The van der Waals surface area contributed by atoms with Crippen LogP contribution in [0.3, 0.4) is 0 Å². The number of aliphatic hydroxyl groups excluding tert-OH is 1. The van der Waals surface area contributed by atoms with Gasteiger partial charge in [-0.15, -0.1) is 11.3 Å². The molecule has 0 aliphatic carbocycles. The molecule has 0 radical (unpaired) electrons. The summed E-state index contributed by atoms with van der Waals surface area (Å²) in [6.45, 7) is 0.360. The summed E-state index contributed by atoms with van der Waals surface area (Å²) in [4.78, 5) is 35.8. The minimum atomic E-state index is -1.55. The van der Waals surface area contributed by atoms with Gasteiger partial charge in [0, 0.05) is 36.3 Å². The Balaban J connectivity index is 1.34. The van der Waals surface area contributed by atoms with Crippen LogP contribution in [0.5, 0.6) is 5.75 Å². The largest absolute Gasteiger partial charge is 0.497 e. The number of hydrogen-bond acceptors (Lipinski definition) is 10. The second kappa shape index (κ2) is 8.05. The zero-order valence-corrected chi connectivity index (χ0v) is 19.3. The first-order chi connectivity index (χ1) is 16.9. The summed E-state index contributed by atoms with van der Waals surface area (Å²) in [5.41, 5.74) is 1.00. The molecule has 5 heterocycles. The number of carbonyl (C=O) groups excluding carboxylic acids is 2. The fourth-order valence-electron chi connectivity index (χ4n) is 4.49. The van der Waals surface area contributed by atoms with Crippen molar-refractivity contribution in [2.75, 3.05) is 19.0 Å². The Hall–Kier alpha value is -4.00. The van der Waals surface area contributed by atoms with Gasteiger partial charge >= 0.3 is 6.03 Å². The summed E-state index contributed by atoms with van der Waals surface area (Å²) < 4.78 is 11.3. The molecule has 6 rings (SSSR count). The maximum absolute atomic E-state index is 13.1. The van der Waals surface area contributed by atoms with Gasteiger partial charge in [-0.25, -0.2) is 14.8 Å². The summed E-state index contributed by atoms with van der Waals surface area (Å²) in [5, 5.41) is 21.7. The highest BCUT2D eigenvalue weighted by Gasteiger charge is 2.53. The van der Waals surface area contributed by atoms with Gasteiger partial charge in [0.2, 0.25) is 0 Å². The molecule has 35 heavy (non-hydrogen) atoms. The molecule has 0 saturated carbocycles. The fourth-order valence-corrected chi connectivity index (χ4v) is 5.02. The number of methoxy groups -OCH3 is 1. The lowest BCUT2D eigenvalue weighted by Gasteiger charge is -2.30. The lowest BCUT2D eigenvalue weighted by molar-refractivity contribution is -0.127. The first-order valence-electron chi connectivity index (χ1n) is 10.8. The van der Waals surface area contributed by atoms with Crippen molar-refractivity contribution < 1.29 is 23.8 Å². The summed E-state index contributed by atoms with van der Waals surface area (Å²) in [6, 6.07) is 9.93. The molecule has 2 unspecified atom stereocenters. The number of aromatic nitrogens is 2. The van der Waals surface area contributed by atoms with Crippen LogP contribution < -0.4 is 20.7 Å². The van der Waals surface area contributed by atoms with Gasteiger partial charge in [0.25, 0.3) is 5.91 Å². The minimum Gasteiger partial charge on any atom is -0.497 e. The molecule has 0 bridgehead atoms. The van der Waals surface area contributed by atoms with Crippen molar-refractivity contribution in [2.45, 2.75) is 18.3 Å². The van der Waals surface area contributed by atoms with Gasteiger partial charge in [-0.1, -0.05) is 6.07 Å². The number of aliphatic hydroxyl groups is 1. The van der Waals surface area contributed by atoms with Gasteiger partial charge < -0.3 is 24.9 Å². The molecule has 4 aromatic rings. The second-order valence-electron chi connectivity index (χ2n) is 8.31. The van der Waals surface area contributed by atoms with E-state index in [4.69, 9.17) is 9.15 Å². The van der Waals surface area contributed by atoms with Crippen molar-refractivity contribution in [3.63, 3.8) is 0 Å². The Morgan fingerprint density at radius 3 is 2.94 bits per heavy atom. The molecule has 1 aromatic carbocycles. The highest BCUT2D eigenvalue weighted by atomic mass is 32.1. The van der Waals surface area contributed by atoms with Gasteiger partial charge in [-0.3, -0.25) is 15.0 Å². The topological polar surface area (TPSA) is 142 Å². The van der Waals surface area contributed by atoms with Crippen LogP contribution in [0.25, 0.3) is 11.1 Å². The molecule has 2 aliphatic rings. The summed E-state index contributed by atoms with van der Waals surface area (Å²) in [6.07, 6.45) is 0.701. The molecule has 3 aromatic heterocycles. The zero-order chi connectivity index (χ0) is 24.2. The number of furan rings is 1. The van der Waals surface area contributed by atoms with Crippen LogP contribution in [-0.2, 0) is 16.9 Å². The second-order valence-corrected chi connectivity index (χ2v) is 9.20. The average Bonchev–Trinajstić information content (AvgIpc) is 3.62. The van der Waals surface area contributed by atoms with Crippen molar-refractivity contribution in [3.05, 3.63) is 64.9 Å². The molecule has 4 N–H and O–H groups in total. The number of nitrogens with zero attached hydrogens (tertiary/aromatic N) is 3. The molecule has 12 heteroatoms. The Labute approximate surface area is 202 Å². The number of fused-ring (bicyclic) bond motifs is 2. The molecular formula is C23H20N6O5S. The maximum Gasteiger partial charge on any atom is 0.322 e. The average molecular weight is 493 g/mol. The van der Waals surface area contributed by atoms with Crippen LogP contribution in [-0.4, -0.2) is 45.6 Å². The maximum atomic E-state index is 13.1. The molecule has 2 aliphatic heterocycles. The van der Waals surface area contributed by atoms with E-state index in [-0.39, 0.29) is 12.3 Å². The number of hydrogen-bond donors (Lipinski definition) is 4. The Bertz CT molecular complexity index is 1450. The third-order valence-corrected chi connectivity index (χ3v) is 6.88. The smallest absolute Gasteiger partial charge is 0.322 e. The quantitative estimate of drug-likeness (QED) is 0.299.